The van der Waals surface area contributed by atoms with Gasteiger partial charge in [-0.15, -0.1) is 0 Å². The lowest BCUT2D eigenvalue weighted by Crippen LogP contribution is -2.39. The molecule has 2 aliphatic heterocycles. The zero-order chi connectivity index (χ0) is 27.9. The molecule has 0 unspecified atom stereocenters. The first-order chi connectivity index (χ1) is 18.5. The summed E-state index contributed by atoms with van der Waals surface area (Å²) in [4.78, 5) is 29.4. The highest BCUT2D eigenvalue weighted by Gasteiger charge is 2.32. The molecule has 3 aromatic rings. The second-order valence-electron chi connectivity index (χ2n) is 10.7. The van der Waals surface area contributed by atoms with Crippen molar-refractivity contribution >= 4 is 63.8 Å². The Morgan fingerprint density at radius 2 is 1.56 bits per heavy atom. The molecule has 2 aliphatic rings. The molecule has 5 rings (SSSR count). The Hall–Kier alpha value is -2.99. The van der Waals surface area contributed by atoms with E-state index in [9.17, 15) is 9.59 Å². The minimum atomic E-state index is -0.556. The number of para-hydroxylation sites is 1. The molecule has 8 heteroatoms. The van der Waals surface area contributed by atoms with E-state index < -0.39 is 5.60 Å². The SMILES string of the molecule is CC(C)(C)OC(=O)N1CC=C(c2cc(-c3ccccc3Cl)c3c(c2)N(c2c(Cl)cccc2Cl)C(=O)CC3)CC1. The number of hydrogen-bond donors (Lipinski definition) is 0. The summed E-state index contributed by atoms with van der Waals surface area (Å²) in [5.41, 5.74) is 5.55. The number of carbonyl (C=O) groups excluding carboxylic acids is 2. The number of nitrogens with zero attached hydrogens (tertiary/aromatic N) is 2. The van der Waals surface area contributed by atoms with Crippen molar-refractivity contribution in [1.29, 1.82) is 0 Å². The van der Waals surface area contributed by atoms with E-state index in [-0.39, 0.29) is 12.0 Å². The van der Waals surface area contributed by atoms with E-state index in [1.165, 1.54) is 0 Å². The third-order valence-electron chi connectivity index (χ3n) is 6.86. The molecule has 202 valence electrons. The van der Waals surface area contributed by atoms with Gasteiger partial charge in [0, 0.05) is 30.1 Å². The van der Waals surface area contributed by atoms with Crippen LogP contribution in [0.1, 0.15) is 44.7 Å². The number of ether oxygens (including phenoxy) is 1. The summed E-state index contributed by atoms with van der Waals surface area (Å²) < 4.78 is 5.55. The van der Waals surface area contributed by atoms with Gasteiger partial charge in [0.25, 0.3) is 0 Å². The second kappa shape index (κ2) is 10.9. The van der Waals surface area contributed by atoms with E-state index in [1.54, 1.807) is 28.0 Å². The van der Waals surface area contributed by atoms with Crippen LogP contribution in [0.5, 0.6) is 0 Å². The van der Waals surface area contributed by atoms with Crippen LogP contribution < -0.4 is 4.90 Å². The molecule has 2 amide bonds. The molecule has 0 aliphatic carbocycles. The third kappa shape index (κ3) is 5.67. The Bertz CT molecular complexity index is 1470. The Morgan fingerprint density at radius 3 is 2.21 bits per heavy atom. The fourth-order valence-electron chi connectivity index (χ4n) is 5.07. The summed E-state index contributed by atoms with van der Waals surface area (Å²) >= 11 is 19.9. The number of anilines is 2. The number of carbonyl (C=O) groups is 2. The highest BCUT2D eigenvalue weighted by Crippen LogP contribution is 2.47. The van der Waals surface area contributed by atoms with Crippen molar-refractivity contribution in [2.24, 2.45) is 0 Å². The zero-order valence-corrected chi connectivity index (χ0v) is 24.3. The van der Waals surface area contributed by atoms with E-state index in [0.717, 1.165) is 33.5 Å². The van der Waals surface area contributed by atoms with Gasteiger partial charge in [-0.1, -0.05) is 65.1 Å². The minimum Gasteiger partial charge on any atom is -0.444 e. The van der Waals surface area contributed by atoms with Crippen LogP contribution in [-0.4, -0.2) is 35.6 Å². The van der Waals surface area contributed by atoms with Crippen LogP contribution in [0.15, 0.2) is 60.7 Å². The van der Waals surface area contributed by atoms with E-state index >= 15 is 0 Å². The summed E-state index contributed by atoms with van der Waals surface area (Å²) in [7, 11) is 0. The lowest BCUT2D eigenvalue weighted by Gasteiger charge is -2.34. The van der Waals surface area contributed by atoms with Gasteiger partial charge in [-0.2, -0.15) is 0 Å². The van der Waals surface area contributed by atoms with Gasteiger partial charge in [-0.3, -0.25) is 9.69 Å². The molecule has 39 heavy (non-hydrogen) atoms. The molecule has 0 atom stereocenters. The largest absolute Gasteiger partial charge is 0.444 e. The topological polar surface area (TPSA) is 49.9 Å². The summed E-state index contributed by atoms with van der Waals surface area (Å²) in [6, 6.07) is 17.1. The first-order valence-electron chi connectivity index (χ1n) is 12.9. The van der Waals surface area contributed by atoms with Gasteiger partial charge in [-0.25, -0.2) is 4.79 Å². The van der Waals surface area contributed by atoms with E-state index in [1.807, 2.05) is 57.2 Å². The van der Waals surface area contributed by atoms with Gasteiger partial charge < -0.3 is 9.64 Å². The Morgan fingerprint density at radius 1 is 0.872 bits per heavy atom. The quantitative estimate of drug-likeness (QED) is 0.309. The zero-order valence-electron chi connectivity index (χ0n) is 22.1. The standard InChI is InChI=1S/C31H29Cl3N2O3/c1-31(2,3)39-30(38)35-15-13-19(14-16-35)20-17-23(21-7-4-5-8-24(21)32)22-11-12-28(37)36(27(22)18-20)29-25(33)9-6-10-26(29)34/h4-10,13,17-18H,11-12,14-16H2,1-3H3. The monoisotopic (exact) mass is 582 g/mol. The van der Waals surface area contributed by atoms with E-state index in [2.05, 4.69) is 6.07 Å². The summed E-state index contributed by atoms with van der Waals surface area (Å²) in [6.07, 6.45) is 3.24. The molecule has 3 aromatic carbocycles. The normalized spacial score (nSPS) is 15.6. The minimum absolute atomic E-state index is 0.0755. The van der Waals surface area contributed by atoms with Crippen molar-refractivity contribution in [3.63, 3.8) is 0 Å². The van der Waals surface area contributed by atoms with Gasteiger partial charge in [0.05, 0.1) is 21.4 Å². The number of hydrogen-bond acceptors (Lipinski definition) is 3. The van der Waals surface area contributed by atoms with Gasteiger partial charge in [-0.05, 0) is 86.2 Å². The third-order valence-corrected chi connectivity index (χ3v) is 7.80. The summed E-state index contributed by atoms with van der Waals surface area (Å²) in [5.74, 6) is -0.0755. The predicted octanol–water partition coefficient (Wildman–Crippen LogP) is 8.95. The second-order valence-corrected chi connectivity index (χ2v) is 11.9. The average Bonchev–Trinajstić information content (AvgIpc) is 2.88. The molecule has 0 aromatic heterocycles. The molecule has 0 N–H and O–H groups in total. The number of amides is 2. The van der Waals surface area contributed by atoms with Crippen LogP contribution in [0, 0.1) is 0 Å². The van der Waals surface area contributed by atoms with Crippen molar-refractivity contribution in [2.45, 2.75) is 45.6 Å². The summed E-state index contributed by atoms with van der Waals surface area (Å²) in [5, 5.41) is 1.43. The van der Waals surface area contributed by atoms with Crippen LogP contribution in [0.25, 0.3) is 16.7 Å². The highest BCUT2D eigenvalue weighted by molar-refractivity contribution is 6.40. The van der Waals surface area contributed by atoms with Crippen molar-refractivity contribution in [3.8, 4) is 11.1 Å². The molecular formula is C31H29Cl3N2O3. The Balaban J connectivity index is 1.63. The molecular weight excluding hydrogens is 555 g/mol. The first kappa shape index (κ1) is 27.6. The molecule has 0 bridgehead atoms. The summed E-state index contributed by atoms with van der Waals surface area (Å²) in [6.45, 7) is 6.54. The fraction of sp³-hybridized carbons (Fsp3) is 0.290. The highest BCUT2D eigenvalue weighted by atomic mass is 35.5. The Labute approximate surface area is 243 Å². The van der Waals surface area contributed by atoms with Crippen LogP contribution >= 0.6 is 34.8 Å². The molecule has 0 spiro atoms. The maximum absolute atomic E-state index is 13.4. The van der Waals surface area contributed by atoms with Crippen molar-refractivity contribution in [2.75, 3.05) is 18.0 Å². The lowest BCUT2D eigenvalue weighted by atomic mass is 9.87. The van der Waals surface area contributed by atoms with E-state index in [0.29, 0.717) is 53.1 Å². The van der Waals surface area contributed by atoms with Crippen LogP contribution in [0.3, 0.4) is 0 Å². The Kier molecular flexibility index (Phi) is 7.69. The number of halogens is 3. The van der Waals surface area contributed by atoms with Crippen LogP contribution in [0.2, 0.25) is 15.1 Å². The van der Waals surface area contributed by atoms with Crippen molar-refractivity contribution in [1.82, 2.24) is 4.90 Å². The lowest BCUT2D eigenvalue weighted by molar-refractivity contribution is -0.118. The average molecular weight is 584 g/mol. The number of fused-ring (bicyclic) bond motifs is 1. The van der Waals surface area contributed by atoms with Gasteiger partial charge in [0.2, 0.25) is 5.91 Å². The molecule has 0 saturated carbocycles. The number of rotatable bonds is 3. The fourth-order valence-corrected chi connectivity index (χ4v) is 5.88. The molecule has 2 heterocycles. The molecule has 0 radical (unpaired) electrons. The van der Waals surface area contributed by atoms with Gasteiger partial charge in [0.1, 0.15) is 5.60 Å². The molecule has 5 nitrogen and oxygen atoms in total. The first-order valence-corrected chi connectivity index (χ1v) is 14.0. The van der Waals surface area contributed by atoms with E-state index in [4.69, 9.17) is 39.5 Å². The predicted molar refractivity (Wildman–Crippen MR) is 159 cm³/mol. The maximum atomic E-state index is 13.4. The van der Waals surface area contributed by atoms with Gasteiger partial charge >= 0.3 is 6.09 Å². The molecule has 0 fully saturated rings. The van der Waals surface area contributed by atoms with Gasteiger partial charge in [0.15, 0.2) is 0 Å². The van der Waals surface area contributed by atoms with Crippen molar-refractivity contribution in [3.05, 3.63) is 86.9 Å². The number of benzene rings is 3. The smallest absolute Gasteiger partial charge is 0.410 e. The van der Waals surface area contributed by atoms with Crippen LogP contribution in [0.4, 0.5) is 16.2 Å². The van der Waals surface area contributed by atoms with Crippen molar-refractivity contribution < 1.29 is 14.3 Å². The maximum Gasteiger partial charge on any atom is 0.410 e. The van der Waals surface area contributed by atoms with Crippen LogP contribution in [-0.2, 0) is 16.0 Å². The molecule has 0 saturated heterocycles.